The fraction of sp³-hybridized carbons (Fsp3) is 0.200. The third-order valence-corrected chi connectivity index (χ3v) is 5.45. The van der Waals surface area contributed by atoms with E-state index in [1.165, 1.54) is 13.2 Å². The predicted molar refractivity (Wildman–Crippen MR) is 90.9 cm³/mol. The van der Waals surface area contributed by atoms with Crippen molar-refractivity contribution in [2.45, 2.75) is 17.9 Å². The summed E-state index contributed by atoms with van der Waals surface area (Å²) in [5.74, 6) is 0.220. The standard InChI is InChI=1S/C15H15BrClNO3S/c1-10(11-6-4-3-5-7-11)18-22(19,20)14-9-12(17)8-13(16)15(14)21-2/h3-10,18H,1-2H3. The molecule has 0 spiro atoms. The molecule has 2 aromatic carbocycles. The Morgan fingerprint density at radius 3 is 2.45 bits per heavy atom. The van der Waals surface area contributed by atoms with Crippen molar-refractivity contribution in [1.82, 2.24) is 4.72 Å². The van der Waals surface area contributed by atoms with Gasteiger partial charge in [0.1, 0.15) is 4.90 Å². The third kappa shape index (κ3) is 3.81. The highest BCUT2D eigenvalue weighted by Gasteiger charge is 2.24. The molecule has 0 bridgehead atoms. The quantitative estimate of drug-likeness (QED) is 0.814. The van der Waals surface area contributed by atoms with E-state index < -0.39 is 10.0 Å². The average Bonchev–Trinajstić information content (AvgIpc) is 2.47. The molecular formula is C15H15BrClNO3S. The fourth-order valence-electron chi connectivity index (χ4n) is 2.04. The molecule has 4 nitrogen and oxygen atoms in total. The average molecular weight is 405 g/mol. The molecule has 0 fully saturated rings. The first-order valence-corrected chi connectivity index (χ1v) is 9.11. The molecular weight excluding hydrogens is 390 g/mol. The maximum atomic E-state index is 12.6. The van der Waals surface area contributed by atoms with Gasteiger partial charge < -0.3 is 4.74 Å². The second-order valence-electron chi connectivity index (χ2n) is 4.67. The smallest absolute Gasteiger partial charge is 0.244 e. The minimum absolute atomic E-state index is 0.00263. The second kappa shape index (κ2) is 7.00. The van der Waals surface area contributed by atoms with Crippen LogP contribution in [0.25, 0.3) is 0 Å². The summed E-state index contributed by atoms with van der Waals surface area (Å²) in [5, 5.41) is 0.306. The van der Waals surface area contributed by atoms with Crippen molar-refractivity contribution in [1.29, 1.82) is 0 Å². The minimum atomic E-state index is -3.78. The number of benzene rings is 2. The summed E-state index contributed by atoms with van der Waals surface area (Å²) in [7, 11) is -2.37. The van der Waals surface area contributed by atoms with E-state index in [4.69, 9.17) is 16.3 Å². The molecule has 1 unspecified atom stereocenters. The van der Waals surface area contributed by atoms with Crippen molar-refractivity contribution in [3.8, 4) is 5.75 Å². The van der Waals surface area contributed by atoms with Gasteiger partial charge in [-0.25, -0.2) is 13.1 Å². The zero-order valence-corrected chi connectivity index (χ0v) is 15.2. The Balaban J connectivity index is 2.39. The molecule has 0 aromatic heterocycles. The van der Waals surface area contributed by atoms with Gasteiger partial charge in [0.05, 0.1) is 11.6 Å². The lowest BCUT2D eigenvalue weighted by Gasteiger charge is -2.17. The maximum Gasteiger partial charge on any atom is 0.244 e. The highest BCUT2D eigenvalue weighted by Crippen LogP contribution is 2.35. The van der Waals surface area contributed by atoms with Gasteiger partial charge in [-0.2, -0.15) is 0 Å². The lowest BCUT2D eigenvalue weighted by Crippen LogP contribution is -2.27. The highest BCUT2D eigenvalue weighted by molar-refractivity contribution is 9.10. The molecule has 7 heteroatoms. The van der Waals surface area contributed by atoms with Gasteiger partial charge in [0.25, 0.3) is 0 Å². The summed E-state index contributed by atoms with van der Waals surface area (Å²) in [6.07, 6.45) is 0. The topological polar surface area (TPSA) is 55.4 Å². The molecule has 0 heterocycles. The van der Waals surface area contributed by atoms with Gasteiger partial charge in [0, 0.05) is 11.1 Å². The van der Waals surface area contributed by atoms with Gasteiger partial charge in [0.15, 0.2) is 5.75 Å². The van der Waals surface area contributed by atoms with E-state index in [2.05, 4.69) is 20.7 Å². The molecule has 0 saturated heterocycles. The number of rotatable bonds is 5. The van der Waals surface area contributed by atoms with E-state index in [1.807, 2.05) is 30.3 Å². The number of sulfonamides is 1. The summed E-state index contributed by atoms with van der Waals surface area (Å²) >= 11 is 9.22. The van der Waals surface area contributed by atoms with Crippen molar-refractivity contribution in [3.63, 3.8) is 0 Å². The molecule has 118 valence electrons. The summed E-state index contributed by atoms with van der Waals surface area (Å²) in [5.41, 5.74) is 0.867. The Bertz CT molecular complexity index is 766. The van der Waals surface area contributed by atoms with Crippen LogP contribution in [0.15, 0.2) is 51.8 Å². The van der Waals surface area contributed by atoms with Crippen LogP contribution in [0.3, 0.4) is 0 Å². The lowest BCUT2D eigenvalue weighted by molar-refractivity contribution is 0.399. The molecule has 22 heavy (non-hydrogen) atoms. The van der Waals surface area contributed by atoms with E-state index in [-0.39, 0.29) is 16.7 Å². The molecule has 1 N–H and O–H groups in total. The number of hydrogen-bond acceptors (Lipinski definition) is 3. The van der Waals surface area contributed by atoms with Crippen molar-refractivity contribution < 1.29 is 13.2 Å². The molecule has 0 aliphatic heterocycles. The number of halogens is 2. The molecule has 0 aliphatic carbocycles. The number of nitrogens with one attached hydrogen (secondary N) is 1. The number of methoxy groups -OCH3 is 1. The molecule has 0 amide bonds. The molecule has 2 aromatic rings. The van der Waals surface area contributed by atoms with Gasteiger partial charge >= 0.3 is 0 Å². The first-order chi connectivity index (χ1) is 10.3. The normalized spacial score (nSPS) is 12.9. The highest BCUT2D eigenvalue weighted by atomic mass is 79.9. The summed E-state index contributed by atoms with van der Waals surface area (Å²) < 4.78 is 33.6. The maximum absolute atomic E-state index is 12.6. The van der Waals surface area contributed by atoms with Crippen molar-refractivity contribution in [3.05, 3.63) is 57.5 Å². The van der Waals surface area contributed by atoms with Crippen LogP contribution in [0.2, 0.25) is 5.02 Å². The fourth-order valence-corrected chi connectivity index (χ4v) is 4.66. The Morgan fingerprint density at radius 1 is 1.23 bits per heavy atom. The van der Waals surface area contributed by atoms with Crippen LogP contribution in [0.5, 0.6) is 5.75 Å². The Kier molecular flexibility index (Phi) is 5.50. The first-order valence-electron chi connectivity index (χ1n) is 6.45. The van der Waals surface area contributed by atoms with Crippen molar-refractivity contribution in [2.75, 3.05) is 7.11 Å². The summed E-state index contributed by atoms with van der Waals surface area (Å²) in [6, 6.07) is 11.9. The molecule has 1 atom stereocenters. The van der Waals surface area contributed by atoms with Crippen molar-refractivity contribution >= 4 is 37.6 Å². The van der Waals surface area contributed by atoms with Crippen LogP contribution >= 0.6 is 27.5 Å². The van der Waals surface area contributed by atoms with Gasteiger partial charge in [-0.3, -0.25) is 0 Å². The molecule has 0 aliphatic rings. The van der Waals surface area contributed by atoms with Gasteiger partial charge in [-0.05, 0) is 40.5 Å². The zero-order valence-electron chi connectivity index (χ0n) is 12.0. The molecule has 0 saturated carbocycles. The molecule has 2 rings (SSSR count). The van der Waals surface area contributed by atoms with Crippen LogP contribution < -0.4 is 9.46 Å². The second-order valence-corrected chi connectivity index (χ2v) is 7.65. The Labute approximate surface area is 143 Å². The van der Waals surface area contributed by atoms with Crippen LogP contribution in [0.4, 0.5) is 0 Å². The summed E-state index contributed by atoms with van der Waals surface area (Å²) in [6.45, 7) is 1.78. The number of hydrogen-bond donors (Lipinski definition) is 1. The lowest BCUT2D eigenvalue weighted by atomic mass is 10.1. The largest absolute Gasteiger partial charge is 0.494 e. The summed E-state index contributed by atoms with van der Waals surface area (Å²) in [4.78, 5) is -0.00263. The van der Waals surface area contributed by atoms with E-state index in [9.17, 15) is 8.42 Å². The van der Waals surface area contributed by atoms with Crippen molar-refractivity contribution in [2.24, 2.45) is 0 Å². The monoisotopic (exact) mass is 403 g/mol. The van der Waals surface area contributed by atoms with E-state index in [0.29, 0.717) is 9.50 Å². The molecule has 0 radical (unpaired) electrons. The van der Waals surface area contributed by atoms with Crippen LogP contribution in [0.1, 0.15) is 18.5 Å². The van der Waals surface area contributed by atoms with Crippen LogP contribution in [-0.4, -0.2) is 15.5 Å². The van der Waals surface area contributed by atoms with E-state index in [1.54, 1.807) is 13.0 Å². The SMILES string of the molecule is COc1c(Br)cc(Cl)cc1S(=O)(=O)NC(C)c1ccccc1. The number of ether oxygens (including phenoxy) is 1. The van der Waals surface area contributed by atoms with Crippen LogP contribution in [-0.2, 0) is 10.0 Å². The van der Waals surface area contributed by atoms with E-state index in [0.717, 1.165) is 5.56 Å². The van der Waals surface area contributed by atoms with Gasteiger partial charge in [-0.15, -0.1) is 0 Å². The third-order valence-electron chi connectivity index (χ3n) is 3.10. The minimum Gasteiger partial charge on any atom is -0.494 e. The Hall–Kier alpha value is -1.08. The van der Waals surface area contributed by atoms with Crippen LogP contribution in [0, 0.1) is 0 Å². The van der Waals surface area contributed by atoms with E-state index >= 15 is 0 Å². The zero-order chi connectivity index (χ0) is 16.3. The Morgan fingerprint density at radius 2 is 1.86 bits per heavy atom. The van der Waals surface area contributed by atoms with Gasteiger partial charge in [0.2, 0.25) is 10.0 Å². The van der Waals surface area contributed by atoms with Gasteiger partial charge in [-0.1, -0.05) is 41.9 Å². The predicted octanol–water partition coefficient (Wildman–Crippen LogP) is 4.15. The first kappa shape index (κ1) is 17.3.